The van der Waals surface area contributed by atoms with Crippen molar-refractivity contribution in [2.24, 2.45) is 0 Å². The largest absolute Gasteiger partial charge is 0.323 e. The number of rotatable bonds is 4. The van der Waals surface area contributed by atoms with E-state index in [0.29, 0.717) is 23.4 Å². The maximum Gasteiger partial charge on any atom is 0.317 e. The maximum atomic E-state index is 11.3. The number of hydrogen-bond donors (Lipinski definition) is 0. The lowest BCUT2D eigenvalue weighted by molar-refractivity contribution is -0.383. The van der Waals surface area contributed by atoms with E-state index in [1.54, 1.807) is 25.1 Å². The number of nitro benzene ring substituents is 1. The van der Waals surface area contributed by atoms with Gasteiger partial charge in [-0.25, -0.2) is 4.98 Å². The SMILES string of the molecule is Cc1nc2c([N+](=O)[O-])c(Cl)c(Cl)cc2n1Cc1ccc(C=O)cc1. The Hall–Kier alpha value is -2.44. The highest BCUT2D eigenvalue weighted by atomic mass is 35.5. The molecule has 0 fully saturated rings. The molecular weight excluding hydrogens is 353 g/mol. The first-order chi connectivity index (χ1) is 11.4. The van der Waals surface area contributed by atoms with Gasteiger partial charge < -0.3 is 4.57 Å². The lowest BCUT2D eigenvalue weighted by Crippen LogP contribution is -2.02. The summed E-state index contributed by atoms with van der Waals surface area (Å²) in [4.78, 5) is 25.8. The lowest BCUT2D eigenvalue weighted by Gasteiger charge is -2.08. The summed E-state index contributed by atoms with van der Waals surface area (Å²) < 4.78 is 1.82. The van der Waals surface area contributed by atoms with Crippen LogP contribution in [0.5, 0.6) is 0 Å². The van der Waals surface area contributed by atoms with E-state index in [0.717, 1.165) is 11.8 Å². The Labute approximate surface area is 146 Å². The van der Waals surface area contributed by atoms with Gasteiger partial charge >= 0.3 is 5.69 Å². The predicted molar refractivity (Wildman–Crippen MR) is 92.1 cm³/mol. The number of aryl methyl sites for hydroxylation is 1. The summed E-state index contributed by atoms with van der Waals surface area (Å²) in [6.07, 6.45) is 0.771. The molecular formula is C16H11Cl2N3O3. The van der Waals surface area contributed by atoms with E-state index in [4.69, 9.17) is 23.2 Å². The molecule has 0 aliphatic heterocycles. The number of nitro groups is 1. The minimum absolute atomic E-state index is 0.105. The van der Waals surface area contributed by atoms with Gasteiger partial charge in [0.15, 0.2) is 5.52 Å². The Morgan fingerprint density at radius 1 is 1.29 bits per heavy atom. The zero-order valence-electron chi connectivity index (χ0n) is 12.5. The first-order valence-corrected chi connectivity index (χ1v) is 7.71. The number of fused-ring (bicyclic) bond motifs is 1. The third-order valence-electron chi connectivity index (χ3n) is 3.74. The van der Waals surface area contributed by atoms with Gasteiger partial charge in [-0.05, 0) is 18.6 Å². The van der Waals surface area contributed by atoms with E-state index in [-0.39, 0.29) is 21.2 Å². The van der Waals surface area contributed by atoms with Crippen molar-refractivity contribution in [2.45, 2.75) is 13.5 Å². The standard InChI is InChI=1S/C16H11Cl2N3O3/c1-9-19-15-13(6-12(17)14(18)16(15)21(23)24)20(9)7-10-2-4-11(8-22)5-3-10/h2-6,8H,7H2,1H3. The molecule has 8 heteroatoms. The van der Waals surface area contributed by atoms with Crippen molar-refractivity contribution >= 4 is 46.2 Å². The summed E-state index contributed by atoms with van der Waals surface area (Å²) in [5, 5.41) is 11.3. The molecule has 0 unspecified atom stereocenters. The molecule has 0 aliphatic carbocycles. The Balaban J connectivity index is 2.16. The maximum absolute atomic E-state index is 11.3. The van der Waals surface area contributed by atoms with Crippen molar-refractivity contribution in [1.82, 2.24) is 9.55 Å². The molecule has 0 saturated carbocycles. The molecule has 0 bridgehead atoms. The summed E-state index contributed by atoms with van der Waals surface area (Å²) in [7, 11) is 0. The van der Waals surface area contributed by atoms with E-state index < -0.39 is 4.92 Å². The van der Waals surface area contributed by atoms with Crippen molar-refractivity contribution in [2.75, 3.05) is 0 Å². The number of benzene rings is 2. The number of carbonyl (C=O) groups is 1. The van der Waals surface area contributed by atoms with Gasteiger partial charge in [0.05, 0.1) is 15.5 Å². The fourth-order valence-corrected chi connectivity index (χ4v) is 2.96. The molecule has 0 N–H and O–H groups in total. The summed E-state index contributed by atoms with van der Waals surface area (Å²) >= 11 is 12.0. The van der Waals surface area contributed by atoms with Gasteiger partial charge in [0, 0.05) is 12.1 Å². The monoisotopic (exact) mass is 363 g/mol. The van der Waals surface area contributed by atoms with Crippen molar-refractivity contribution in [3.8, 4) is 0 Å². The number of halogens is 2. The second-order valence-electron chi connectivity index (χ2n) is 5.25. The molecule has 3 aromatic rings. The molecule has 1 aromatic heterocycles. The fourth-order valence-electron chi connectivity index (χ4n) is 2.55. The van der Waals surface area contributed by atoms with Crippen molar-refractivity contribution in [1.29, 1.82) is 0 Å². The number of nitrogens with zero attached hydrogens (tertiary/aromatic N) is 3. The number of imidazole rings is 1. The zero-order chi connectivity index (χ0) is 17.4. The van der Waals surface area contributed by atoms with Crippen LogP contribution < -0.4 is 0 Å². The molecule has 24 heavy (non-hydrogen) atoms. The number of aromatic nitrogens is 2. The summed E-state index contributed by atoms with van der Waals surface area (Å²) in [6, 6.07) is 8.64. The molecule has 0 spiro atoms. The van der Waals surface area contributed by atoms with Crippen LogP contribution in [0.2, 0.25) is 10.0 Å². The normalized spacial score (nSPS) is 11.0. The van der Waals surface area contributed by atoms with Crippen LogP contribution in [0.15, 0.2) is 30.3 Å². The fraction of sp³-hybridized carbons (Fsp3) is 0.125. The van der Waals surface area contributed by atoms with Crippen LogP contribution in [0, 0.1) is 17.0 Å². The van der Waals surface area contributed by atoms with Crippen molar-refractivity contribution < 1.29 is 9.72 Å². The van der Waals surface area contributed by atoms with E-state index >= 15 is 0 Å². The summed E-state index contributed by atoms with van der Waals surface area (Å²) in [5.74, 6) is 0.603. The predicted octanol–water partition coefficient (Wildman–Crippen LogP) is 4.42. The number of carbonyl (C=O) groups excluding carboxylic acids is 1. The Morgan fingerprint density at radius 3 is 2.54 bits per heavy atom. The minimum Gasteiger partial charge on any atom is -0.323 e. The van der Waals surface area contributed by atoms with E-state index in [1.807, 2.05) is 16.7 Å². The molecule has 2 aromatic carbocycles. The first-order valence-electron chi connectivity index (χ1n) is 6.95. The average Bonchev–Trinajstić information content (AvgIpc) is 2.84. The lowest BCUT2D eigenvalue weighted by atomic mass is 10.1. The highest BCUT2D eigenvalue weighted by molar-refractivity contribution is 6.44. The molecule has 0 saturated heterocycles. The number of aldehydes is 1. The second kappa shape index (κ2) is 6.22. The quantitative estimate of drug-likeness (QED) is 0.390. The molecule has 0 radical (unpaired) electrons. The van der Waals surface area contributed by atoms with Gasteiger partial charge in [-0.3, -0.25) is 14.9 Å². The first kappa shape index (κ1) is 16.4. The van der Waals surface area contributed by atoms with Crippen molar-refractivity contribution in [3.63, 3.8) is 0 Å². The topological polar surface area (TPSA) is 78.0 Å². The van der Waals surface area contributed by atoms with Gasteiger partial charge in [0.1, 0.15) is 17.1 Å². The average molecular weight is 364 g/mol. The van der Waals surface area contributed by atoms with Gasteiger partial charge in [-0.1, -0.05) is 47.5 Å². The molecule has 6 nitrogen and oxygen atoms in total. The molecule has 122 valence electrons. The van der Waals surface area contributed by atoms with Crippen LogP contribution in [0.3, 0.4) is 0 Å². The zero-order valence-corrected chi connectivity index (χ0v) is 14.0. The summed E-state index contributed by atoms with van der Waals surface area (Å²) in [6.45, 7) is 2.20. The Bertz CT molecular complexity index is 965. The van der Waals surface area contributed by atoms with Crippen LogP contribution in [0.25, 0.3) is 11.0 Å². The van der Waals surface area contributed by atoms with Gasteiger partial charge in [0.25, 0.3) is 0 Å². The van der Waals surface area contributed by atoms with Gasteiger partial charge in [-0.2, -0.15) is 0 Å². The van der Waals surface area contributed by atoms with Crippen LogP contribution in [-0.4, -0.2) is 20.8 Å². The van der Waals surface area contributed by atoms with Crippen LogP contribution in [0.4, 0.5) is 5.69 Å². The molecule has 1 heterocycles. The summed E-state index contributed by atoms with van der Waals surface area (Å²) in [5.41, 5.74) is 1.95. The van der Waals surface area contributed by atoms with E-state index in [1.165, 1.54) is 0 Å². The molecule has 3 rings (SSSR count). The smallest absolute Gasteiger partial charge is 0.317 e. The van der Waals surface area contributed by atoms with Crippen LogP contribution >= 0.6 is 23.2 Å². The van der Waals surface area contributed by atoms with Gasteiger partial charge in [-0.15, -0.1) is 0 Å². The minimum atomic E-state index is -0.577. The Morgan fingerprint density at radius 2 is 1.96 bits per heavy atom. The molecule has 0 aliphatic rings. The highest BCUT2D eigenvalue weighted by Gasteiger charge is 2.25. The number of hydrogen-bond acceptors (Lipinski definition) is 4. The van der Waals surface area contributed by atoms with E-state index in [9.17, 15) is 14.9 Å². The Kier molecular flexibility index (Phi) is 4.26. The van der Waals surface area contributed by atoms with E-state index in [2.05, 4.69) is 4.98 Å². The molecule has 0 atom stereocenters. The third-order valence-corrected chi connectivity index (χ3v) is 4.52. The second-order valence-corrected chi connectivity index (χ2v) is 6.04. The molecule has 0 amide bonds. The van der Waals surface area contributed by atoms with Crippen LogP contribution in [0.1, 0.15) is 21.7 Å². The third kappa shape index (κ3) is 2.74. The van der Waals surface area contributed by atoms with Gasteiger partial charge in [0.2, 0.25) is 0 Å². The van der Waals surface area contributed by atoms with Crippen LogP contribution in [-0.2, 0) is 6.54 Å². The highest BCUT2D eigenvalue weighted by Crippen LogP contribution is 2.38. The van der Waals surface area contributed by atoms with Crippen molar-refractivity contribution in [3.05, 3.63) is 67.4 Å².